The molecule has 1 N–H and O–H groups in total. The van der Waals surface area contributed by atoms with E-state index in [9.17, 15) is 0 Å². The molecule has 3 saturated heterocycles. The highest BCUT2D eigenvalue weighted by Gasteiger charge is 2.32. The van der Waals surface area contributed by atoms with Crippen molar-refractivity contribution in [1.29, 1.82) is 0 Å². The van der Waals surface area contributed by atoms with Gasteiger partial charge >= 0.3 is 0 Å². The average Bonchev–Trinajstić information content (AvgIpc) is 3.17. The minimum atomic E-state index is 0.254. The Morgan fingerprint density at radius 2 is 2.11 bits per heavy atom. The van der Waals surface area contributed by atoms with E-state index in [2.05, 4.69) is 31.1 Å². The summed E-state index contributed by atoms with van der Waals surface area (Å²) in [7, 11) is 1.86. The molecule has 3 aliphatic heterocycles. The summed E-state index contributed by atoms with van der Waals surface area (Å²) in [6.45, 7) is 7.81. The predicted octanol–water partition coefficient (Wildman–Crippen LogP) is 1.90. The quantitative estimate of drug-likeness (QED) is 0.629. The second-order valence-corrected chi connectivity index (χ2v) is 8.06. The van der Waals surface area contributed by atoms with E-state index in [1.54, 1.807) is 0 Å². The van der Waals surface area contributed by atoms with Crippen LogP contribution in [0.5, 0.6) is 0 Å². The molecule has 0 amide bonds. The van der Waals surface area contributed by atoms with E-state index < -0.39 is 0 Å². The molecule has 0 saturated carbocycles. The predicted molar refractivity (Wildman–Crippen MR) is 111 cm³/mol. The van der Waals surface area contributed by atoms with Crippen LogP contribution in [0.3, 0.4) is 0 Å². The number of piperazine rings is 1. The zero-order valence-corrected chi connectivity index (χ0v) is 16.9. The van der Waals surface area contributed by atoms with Gasteiger partial charge in [-0.3, -0.25) is 9.89 Å². The van der Waals surface area contributed by atoms with E-state index in [1.807, 2.05) is 25.2 Å². The molecule has 3 fully saturated rings. The number of nitrogens with one attached hydrogen (secondary N) is 1. The van der Waals surface area contributed by atoms with Crippen LogP contribution in [-0.2, 0) is 4.74 Å². The summed E-state index contributed by atoms with van der Waals surface area (Å²) in [5.74, 6) is 0.980. The topological polar surface area (TPSA) is 43.3 Å². The zero-order chi connectivity index (χ0) is 18.6. The van der Waals surface area contributed by atoms with Crippen molar-refractivity contribution in [3.63, 3.8) is 0 Å². The smallest absolute Gasteiger partial charge is 0.193 e. The lowest BCUT2D eigenvalue weighted by molar-refractivity contribution is -0.0454. The van der Waals surface area contributed by atoms with Crippen LogP contribution in [0.1, 0.15) is 12.8 Å². The number of hydrogen-bond donors (Lipinski definition) is 1. The highest BCUT2D eigenvalue weighted by Crippen LogP contribution is 2.23. The van der Waals surface area contributed by atoms with Gasteiger partial charge in [0.25, 0.3) is 0 Å². The number of benzene rings is 1. The molecule has 148 valence electrons. The molecule has 4 rings (SSSR count). The highest BCUT2D eigenvalue weighted by atomic mass is 35.5. The first-order valence-corrected chi connectivity index (χ1v) is 10.4. The standard InChI is InChI=1S/C20H30ClN5O/c1-22-20(23-13-19-14-26-7-3-6-18(26)15-27-19)25-10-8-24(9-11-25)17-5-2-4-16(21)12-17/h2,4-5,12,18-19H,3,6-11,13-15H2,1H3,(H,22,23). The largest absolute Gasteiger partial charge is 0.373 e. The molecule has 2 unspecified atom stereocenters. The van der Waals surface area contributed by atoms with E-state index in [-0.39, 0.29) is 6.10 Å². The Morgan fingerprint density at radius 3 is 2.89 bits per heavy atom. The molecular formula is C20H30ClN5O. The molecule has 0 aliphatic carbocycles. The van der Waals surface area contributed by atoms with Crippen molar-refractivity contribution in [2.24, 2.45) is 4.99 Å². The van der Waals surface area contributed by atoms with Crippen LogP contribution in [0.4, 0.5) is 5.69 Å². The fourth-order valence-corrected chi connectivity index (χ4v) is 4.58. The van der Waals surface area contributed by atoms with Gasteiger partial charge in [-0.15, -0.1) is 0 Å². The number of halogens is 1. The van der Waals surface area contributed by atoms with Crippen LogP contribution >= 0.6 is 11.6 Å². The molecule has 3 aliphatic rings. The number of fused-ring (bicyclic) bond motifs is 1. The third kappa shape index (κ3) is 4.50. The molecule has 0 aromatic heterocycles. The summed E-state index contributed by atoms with van der Waals surface area (Å²) >= 11 is 6.13. The Hall–Kier alpha value is -1.50. The number of morpholine rings is 1. The van der Waals surface area contributed by atoms with Crippen molar-refractivity contribution in [2.45, 2.75) is 25.0 Å². The van der Waals surface area contributed by atoms with Crippen molar-refractivity contribution in [1.82, 2.24) is 15.1 Å². The molecule has 6 nitrogen and oxygen atoms in total. The normalized spacial score (nSPS) is 27.0. The Morgan fingerprint density at radius 1 is 1.26 bits per heavy atom. The first-order valence-electron chi connectivity index (χ1n) is 10.0. The van der Waals surface area contributed by atoms with E-state index >= 15 is 0 Å². The summed E-state index contributed by atoms with van der Waals surface area (Å²) in [6.07, 6.45) is 2.86. The van der Waals surface area contributed by atoms with Crippen molar-refractivity contribution in [2.75, 3.05) is 64.4 Å². The maximum Gasteiger partial charge on any atom is 0.193 e. The number of anilines is 1. The van der Waals surface area contributed by atoms with Gasteiger partial charge in [-0.1, -0.05) is 17.7 Å². The van der Waals surface area contributed by atoms with Gasteiger partial charge in [-0.05, 0) is 37.6 Å². The summed E-state index contributed by atoms with van der Waals surface area (Å²) in [6, 6.07) is 8.75. The third-order valence-electron chi connectivity index (χ3n) is 5.91. The van der Waals surface area contributed by atoms with Gasteiger partial charge in [0.15, 0.2) is 5.96 Å². The van der Waals surface area contributed by atoms with Crippen LogP contribution in [-0.4, -0.2) is 87.4 Å². The van der Waals surface area contributed by atoms with Gasteiger partial charge in [-0.2, -0.15) is 0 Å². The summed E-state index contributed by atoms with van der Waals surface area (Å²) in [5.41, 5.74) is 1.20. The van der Waals surface area contributed by atoms with Gasteiger partial charge in [0.1, 0.15) is 0 Å². The molecule has 0 radical (unpaired) electrons. The number of nitrogens with zero attached hydrogens (tertiary/aromatic N) is 4. The van der Waals surface area contributed by atoms with Crippen molar-refractivity contribution >= 4 is 23.2 Å². The van der Waals surface area contributed by atoms with Crippen LogP contribution in [0, 0.1) is 0 Å². The third-order valence-corrected chi connectivity index (χ3v) is 6.15. The number of rotatable bonds is 3. The van der Waals surface area contributed by atoms with Crippen molar-refractivity contribution < 1.29 is 4.74 Å². The van der Waals surface area contributed by atoms with Gasteiger partial charge in [-0.25, -0.2) is 0 Å². The van der Waals surface area contributed by atoms with Crippen LogP contribution < -0.4 is 10.2 Å². The lowest BCUT2D eigenvalue weighted by Gasteiger charge is -2.39. The second-order valence-electron chi connectivity index (χ2n) is 7.63. The molecule has 0 spiro atoms. The molecule has 1 aromatic rings. The fourth-order valence-electron chi connectivity index (χ4n) is 4.40. The van der Waals surface area contributed by atoms with E-state index in [0.717, 1.165) is 56.9 Å². The molecule has 1 aromatic carbocycles. The van der Waals surface area contributed by atoms with Crippen molar-refractivity contribution in [3.8, 4) is 0 Å². The lowest BCUT2D eigenvalue weighted by atomic mass is 10.2. The highest BCUT2D eigenvalue weighted by molar-refractivity contribution is 6.30. The average molecular weight is 392 g/mol. The summed E-state index contributed by atoms with van der Waals surface area (Å²) in [5, 5.41) is 4.33. The Labute approximate surface area is 167 Å². The van der Waals surface area contributed by atoms with Gasteiger partial charge < -0.3 is 19.9 Å². The van der Waals surface area contributed by atoms with Gasteiger partial charge in [0.2, 0.25) is 0 Å². The van der Waals surface area contributed by atoms with Crippen LogP contribution in [0.15, 0.2) is 29.3 Å². The Kier molecular flexibility index (Phi) is 6.05. The molecule has 0 bridgehead atoms. The molecule has 2 atom stereocenters. The number of aliphatic imine (C=N–C) groups is 1. The maximum atomic E-state index is 6.13. The SMILES string of the molecule is CN=C(NCC1CN2CCCC2CO1)N1CCN(c2cccc(Cl)c2)CC1. The Bertz CT molecular complexity index is 662. The summed E-state index contributed by atoms with van der Waals surface area (Å²) in [4.78, 5) is 11.8. The monoisotopic (exact) mass is 391 g/mol. The molecule has 27 heavy (non-hydrogen) atoms. The number of guanidine groups is 1. The molecular weight excluding hydrogens is 362 g/mol. The zero-order valence-electron chi connectivity index (χ0n) is 16.1. The van der Waals surface area contributed by atoms with Crippen molar-refractivity contribution in [3.05, 3.63) is 29.3 Å². The maximum absolute atomic E-state index is 6.13. The van der Waals surface area contributed by atoms with E-state index in [4.69, 9.17) is 16.3 Å². The minimum Gasteiger partial charge on any atom is -0.373 e. The fraction of sp³-hybridized carbons (Fsp3) is 0.650. The van der Waals surface area contributed by atoms with E-state index in [0.29, 0.717) is 6.04 Å². The first-order chi connectivity index (χ1) is 13.2. The first kappa shape index (κ1) is 18.8. The van der Waals surface area contributed by atoms with E-state index in [1.165, 1.54) is 25.1 Å². The van der Waals surface area contributed by atoms with Gasteiger partial charge in [0, 0.05) is 63.1 Å². The second kappa shape index (κ2) is 8.67. The van der Waals surface area contributed by atoms with Gasteiger partial charge in [0.05, 0.1) is 12.7 Å². The number of ether oxygens (including phenoxy) is 1. The van der Waals surface area contributed by atoms with Crippen LogP contribution in [0.2, 0.25) is 5.02 Å². The molecule has 7 heteroatoms. The molecule has 3 heterocycles. The Balaban J connectivity index is 1.25. The minimum absolute atomic E-state index is 0.254. The number of hydrogen-bond acceptors (Lipinski definition) is 4. The van der Waals surface area contributed by atoms with Crippen LogP contribution in [0.25, 0.3) is 0 Å². The summed E-state index contributed by atoms with van der Waals surface area (Å²) < 4.78 is 6.06. The lowest BCUT2D eigenvalue weighted by Crippen LogP contribution is -2.55.